The van der Waals surface area contributed by atoms with E-state index in [0.717, 1.165) is 18.4 Å². The molecule has 1 atom stereocenters. The minimum Gasteiger partial charge on any atom is -0.396 e. The minimum absolute atomic E-state index is 0.0281. The molecule has 1 aromatic rings. The Morgan fingerprint density at radius 2 is 2.37 bits per heavy atom. The number of aliphatic hydroxyl groups excluding tert-OH is 1. The van der Waals surface area contributed by atoms with Gasteiger partial charge in [-0.2, -0.15) is 12.7 Å². The molecule has 0 aliphatic carbocycles. The van der Waals surface area contributed by atoms with E-state index in [-0.39, 0.29) is 12.5 Å². The number of nitrogens with one attached hydrogen (secondary N) is 1. The van der Waals surface area contributed by atoms with Crippen molar-refractivity contribution in [2.24, 2.45) is 5.92 Å². The molecule has 7 heteroatoms. The molecule has 1 aromatic heterocycles. The number of nitrogens with zero attached hydrogens (tertiary/aromatic N) is 2. The van der Waals surface area contributed by atoms with E-state index in [1.165, 1.54) is 4.31 Å². The van der Waals surface area contributed by atoms with Gasteiger partial charge < -0.3 is 5.11 Å². The van der Waals surface area contributed by atoms with Crippen LogP contribution in [0.4, 0.5) is 5.69 Å². The van der Waals surface area contributed by atoms with E-state index in [0.29, 0.717) is 18.8 Å². The predicted molar refractivity (Wildman–Crippen MR) is 72.9 cm³/mol. The first-order valence-electron chi connectivity index (χ1n) is 6.32. The van der Waals surface area contributed by atoms with E-state index in [1.54, 1.807) is 25.4 Å². The molecule has 1 fully saturated rings. The minimum atomic E-state index is -3.56. The van der Waals surface area contributed by atoms with Crippen LogP contribution in [0.2, 0.25) is 0 Å². The average Bonchev–Trinajstić information content (AvgIpc) is 2.41. The monoisotopic (exact) mass is 285 g/mol. The van der Waals surface area contributed by atoms with Gasteiger partial charge in [0, 0.05) is 32.1 Å². The van der Waals surface area contributed by atoms with Crippen LogP contribution in [0, 0.1) is 12.8 Å². The summed E-state index contributed by atoms with van der Waals surface area (Å²) >= 11 is 0. The topological polar surface area (TPSA) is 82.5 Å². The lowest BCUT2D eigenvalue weighted by Gasteiger charge is -2.31. The first-order valence-corrected chi connectivity index (χ1v) is 7.76. The maximum Gasteiger partial charge on any atom is 0.301 e. The third-order valence-electron chi connectivity index (χ3n) is 3.34. The molecule has 1 aliphatic heterocycles. The molecule has 2 N–H and O–H groups in total. The van der Waals surface area contributed by atoms with Gasteiger partial charge in [0.25, 0.3) is 0 Å². The van der Waals surface area contributed by atoms with Crippen molar-refractivity contribution in [3.05, 3.63) is 24.0 Å². The molecule has 106 valence electrons. The Labute approximate surface area is 113 Å². The van der Waals surface area contributed by atoms with Gasteiger partial charge in [-0.3, -0.25) is 9.71 Å². The van der Waals surface area contributed by atoms with Crippen molar-refractivity contribution in [3.8, 4) is 0 Å². The van der Waals surface area contributed by atoms with Crippen LogP contribution in [0.15, 0.2) is 18.5 Å². The fourth-order valence-corrected chi connectivity index (χ4v) is 3.60. The van der Waals surface area contributed by atoms with E-state index >= 15 is 0 Å². The van der Waals surface area contributed by atoms with Gasteiger partial charge >= 0.3 is 10.2 Å². The molecule has 2 rings (SSSR count). The Morgan fingerprint density at radius 3 is 3.05 bits per heavy atom. The lowest BCUT2D eigenvalue weighted by Crippen LogP contribution is -2.43. The number of aliphatic hydroxyl groups is 1. The zero-order valence-corrected chi connectivity index (χ0v) is 11.7. The van der Waals surface area contributed by atoms with Crippen molar-refractivity contribution in [2.45, 2.75) is 19.8 Å². The number of hydrogen-bond donors (Lipinski definition) is 2. The Balaban J connectivity index is 2.12. The highest BCUT2D eigenvalue weighted by Crippen LogP contribution is 2.21. The second-order valence-electron chi connectivity index (χ2n) is 4.85. The van der Waals surface area contributed by atoms with E-state index < -0.39 is 10.2 Å². The summed E-state index contributed by atoms with van der Waals surface area (Å²) in [4.78, 5) is 3.93. The second kappa shape index (κ2) is 5.85. The standard InChI is InChI=1S/C12H19N3O3S/c1-10-7-13-5-4-12(10)14-19(17,18)15-6-2-3-11(8-15)9-16/h4-5,7,11,16H,2-3,6,8-9H2,1H3,(H,13,14). The maximum absolute atomic E-state index is 12.3. The molecule has 0 saturated carbocycles. The van der Waals surface area contributed by atoms with E-state index in [9.17, 15) is 8.42 Å². The lowest BCUT2D eigenvalue weighted by atomic mass is 10.0. The van der Waals surface area contributed by atoms with E-state index in [1.807, 2.05) is 0 Å². The van der Waals surface area contributed by atoms with Gasteiger partial charge in [0.15, 0.2) is 0 Å². The summed E-state index contributed by atoms with van der Waals surface area (Å²) in [6, 6.07) is 1.64. The van der Waals surface area contributed by atoms with Gasteiger partial charge in [0.05, 0.1) is 5.69 Å². The van der Waals surface area contributed by atoms with Gasteiger partial charge in [-0.15, -0.1) is 0 Å². The summed E-state index contributed by atoms with van der Waals surface area (Å²) in [5.74, 6) is 0.0314. The third-order valence-corrected chi connectivity index (χ3v) is 4.83. The lowest BCUT2D eigenvalue weighted by molar-refractivity contribution is 0.166. The summed E-state index contributed by atoms with van der Waals surface area (Å²) in [6.07, 6.45) is 4.82. The average molecular weight is 285 g/mol. The molecule has 0 radical (unpaired) electrons. The highest BCUT2D eigenvalue weighted by molar-refractivity contribution is 7.90. The molecule has 6 nitrogen and oxygen atoms in total. The van der Waals surface area contributed by atoms with Gasteiger partial charge in [-0.25, -0.2) is 0 Å². The van der Waals surface area contributed by atoms with Crippen LogP contribution in [0.1, 0.15) is 18.4 Å². The van der Waals surface area contributed by atoms with Crippen LogP contribution in [0.3, 0.4) is 0 Å². The molecule has 0 bridgehead atoms. The van der Waals surface area contributed by atoms with Gasteiger partial charge in [0.1, 0.15) is 0 Å². The highest BCUT2D eigenvalue weighted by Gasteiger charge is 2.28. The summed E-state index contributed by atoms with van der Waals surface area (Å²) in [7, 11) is -3.56. The number of anilines is 1. The van der Waals surface area contributed by atoms with Crippen molar-refractivity contribution in [1.29, 1.82) is 0 Å². The first kappa shape index (κ1) is 14.2. The summed E-state index contributed by atoms with van der Waals surface area (Å²) in [6.45, 7) is 2.70. The highest BCUT2D eigenvalue weighted by atomic mass is 32.2. The van der Waals surface area contributed by atoms with E-state index in [4.69, 9.17) is 5.11 Å². The van der Waals surface area contributed by atoms with Gasteiger partial charge in [-0.1, -0.05) is 0 Å². The van der Waals surface area contributed by atoms with Crippen molar-refractivity contribution >= 4 is 15.9 Å². The van der Waals surface area contributed by atoms with Crippen LogP contribution in [0.25, 0.3) is 0 Å². The van der Waals surface area contributed by atoms with Gasteiger partial charge in [0.2, 0.25) is 0 Å². The van der Waals surface area contributed by atoms with Crippen LogP contribution < -0.4 is 4.72 Å². The zero-order chi connectivity index (χ0) is 13.9. The van der Waals surface area contributed by atoms with Crippen molar-refractivity contribution in [1.82, 2.24) is 9.29 Å². The molecule has 0 amide bonds. The number of aryl methyl sites for hydroxylation is 1. The summed E-state index contributed by atoms with van der Waals surface area (Å²) in [5.41, 5.74) is 1.32. The number of aromatic nitrogens is 1. The van der Waals surface area contributed by atoms with Gasteiger partial charge in [-0.05, 0) is 37.3 Å². The largest absolute Gasteiger partial charge is 0.396 e. The smallest absolute Gasteiger partial charge is 0.301 e. The Hall–Kier alpha value is -1.18. The fourth-order valence-electron chi connectivity index (χ4n) is 2.19. The predicted octanol–water partition coefficient (Wildman–Crippen LogP) is 0.751. The number of pyridine rings is 1. The maximum atomic E-state index is 12.3. The molecule has 0 spiro atoms. The molecule has 1 aliphatic rings. The molecule has 2 heterocycles. The normalized spacial score (nSPS) is 21.3. The number of hydrogen-bond acceptors (Lipinski definition) is 4. The quantitative estimate of drug-likeness (QED) is 0.855. The molecule has 1 unspecified atom stereocenters. The van der Waals surface area contributed by atoms with Crippen molar-refractivity contribution in [2.75, 3.05) is 24.4 Å². The molecule has 19 heavy (non-hydrogen) atoms. The molecular weight excluding hydrogens is 266 g/mol. The Morgan fingerprint density at radius 1 is 1.58 bits per heavy atom. The first-order chi connectivity index (χ1) is 9.03. The van der Waals surface area contributed by atoms with Crippen molar-refractivity contribution in [3.63, 3.8) is 0 Å². The van der Waals surface area contributed by atoms with Crippen LogP contribution in [0.5, 0.6) is 0 Å². The van der Waals surface area contributed by atoms with Crippen LogP contribution >= 0.6 is 0 Å². The number of piperidine rings is 1. The molecule has 1 saturated heterocycles. The zero-order valence-electron chi connectivity index (χ0n) is 10.9. The van der Waals surface area contributed by atoms with Crippen LogP contribution in [-0.2, 0) is 10.2 Å². The molecular formula is C12H19N3O3S. The third kappa shape index (κ3) is 3.43. The SMILES string of the molecule is Cc1cnccc1NS(=O)(=O)N1CCCC(CO)C1. The fraction of sp³-hybridized carbons (Fsp3) is 0.583. The van der Waals surface area contributed by atoms with E-state index in [2.05, 4.69) is 9.71 Å². The summed E-state index contributed by atoms with van der Waals surface area (Å²) < 4.78 is 28.5. The Bertz CT molecular complexity index is 533. The van der Waals surface area contributed by atoms with Crippen LogP contribution in [-0.4, -0.2) is 42.5 Å². The second-order valence-corrected chi connectivity index (χ2v) is 6.52. The summed E-state index contributed by atoms with van der Waals surface area (Å²) in [5, 5.41) is 9.16. The van der Waals surface area contributed by atoms with Crippen molar-refractivity contribution < 1.29 is 13.5 Å². The Kier molecular flexibility index (Phi) is 4.38. The number of rotatable bonds is 4. The molecule has 0 aromatic carbocycles.